The number of rotatable bonds is 6. The number of aliphatic hydroxyl groups excluding tert-OH is 1. The van der Waals surface area contributed by atoms with Crippen molar-refractivity contribution in [2.75, 3.05) is 30.1 Å². The first-order valence-corrected chi connectivity index (χ1v) is 8.78. The molecule has 1 atom stereocenters. The molecule has 0 bridgehead atoms. The van der Waals surface area contributed by atoms with Gasteiger partial charge in [0.25, 0.3) is 5.91 Å². The van der Waals surface area contributed by atoms with E-state index >= 15 is 0 Å². The highest BCUT2D eigenvalue weighted by atomic mass is 32.2. The van der Waals surface area contributed by atoms with Crippen molar-refractivity contribution >= 4 is 29.3 Å². The van der Waals surface area contributed by atoms with Crippen molar-refractivity contribution in [1.29, 1.82) is 0 Å². The maximum absolute atomic E-state index is 12.3. The molecule has 1 heterocycles. The van der Waals surface area contributed by atoms with Gasteiger partial charge < -0.3 is 15.3 Å². The summed E-state index contributed by atoms with van der Waals surface area (Å²) in [6, 6.07) is 5.43. The third-order valence-corrected chi connectivity index (χ3v) is 4.53. The lowest BCUT2D eigenvalue weighted by Gasteiger charge is -2.18. The highest BCUT2D eigenvalue weighted by molar-refractivity contribution is 7.98. The summed E-state index contributed by atoms with van der Waals surface area (Å²) in [6.45, 7) is 2.29. The van der Waals surface area contributed by atoms with Crippen LogP contribution in [-0.2, 0) is 11.2 Å². The third kappa shape index (κ3) is 3.81. The highest BCUT2D eigenvalue weighted by Gasteiger charge is 2.23. The van der Waals surface area contributed by atoms with Gasteiger partial charge in [-0.15, -0.1) is 0 Å². The van der Waals surface area contributed by atoms with Gasteiger partial charge in [-0.2, -0.15) is 11.8 Å². The van der Waals surface area contributed by atoms with Crippen molar-refractivity contribution in [3.63, 3.8) is 0 Å². The van der Waals surface area contributed by atoms with E-state index in [0.29, 0.717) is 18.5 Å². The standard InChI is InChI=1S/C16H22N2O3S/c1-11(20)18-7-5-12-9-13(3-4-15(12)18)16(21)17-14(6-8-19)10-22-2/h3-4,9,14,19H,5-8,10H2,1-2H3,(H,17,21). The fourth-order valence-electron chi connectivity index (χ4n) is 2.69. The maximum Gasteiger partial charge on any atom is 0.251 e. The lowest BCUT2D eigenvalue weighted by Crippen LogP contribution is -2.37. The molecule has 0 saturated heterocycles. The summed E-state index contributed by atoms with van der Waals surface area (Å²) in [4.78, 5) is 25.6. The summed E-state index contributed by atoms with van der Waals surface area (Å²) in [6.07, 6.45) is 3.30. The van der Waals surface area contributed by atoms with E-state index in [1.165, 1.54) is 0 Å². The zero-order valence-corrected chi connectivity index (χ0v) is 13.8. The number of aliphatic hydroxyl groups is 1. The van der Waals surface area contributed by atoms with Gasteiger partial charge in [0.2, 0.25) is 5.91 Å². The van der Waals surface area contributed by atoms with Crippen LogP contribution in [0.2, 0.25) is 0 Å². The van der Waals surface area contributed by atoms with E-state index < -0.39 is 0 Å². The van der Waals surface area contributed by atoms with Crippen molar-refractivity contribution in [2.24, 2.45) is 0 Å². The lowest BCUT2D eigenvalue weighted by atomic mass is 10.1. The van der Waals surface area contributed by atoms with Crippen LogP contribution in [0.25, 0.3) is 0 Å². The molecular weight excluding hydrogens is 300 g/mol. The topological polar surface area (TPSA) is 69.6 Å². The number of anilines is 1. The Labute approximate surface area is 135 Å². The van der Waals surface area contributed by atoms with Crippen molar-refractivity contribution in [3.8, 4) is 0 Å². The van der Waals surface area contributed by atoms with Crippen molar-refractivity contribution in [2.45, 2.75) is 25.8 Å². The molecule has 0 saturated carbocycles. The Morgan fingerprint density at radius 3 is 2.86 bits per heavy atom. The zero-order valence-electron chi connectivity index (χ0n) is 13.0. The smallest absolute Gasteiger partial charge is 0.251 e. The molecule has 120 valence electrons. The lowest BCUT2D eigenvalue weighted by molar-refractivity contribution is -0.116. The van der Waals surface area contributed by atoms with Crippen molar-refractivity contribution in [3.05, 3.63) is 29.3 Å². The minimum Gasteiger partial charge on any atom is -0.396 e. The molecular formula is C16H22N2O3S. The Kier molecular flexibility index (Phi) is 5.85. The van der Waals surface area contributed by atoms with E-state index in [1.54, 1.807) is 29.7 Å². The minimum absolute atomic E-state index is 0.0268. The van der Waals surface area contributed by atoms with Crippen LogP contribution in [0, 0.1) is 0 Å². The number of hydrogen-bond donors (Lipinski definition) is 2. The van der Waals surface area contributed by atoms with Gasteiger partial charge in [0.15, 0.2) is 0 Å². The summed E-state index contributed by atoms with van der Waals surface area (Å²) < 4.78 is 0. The molecule has 0 aliphatic carbocycles. The fourth-order valence-corrected chi connectivity index (χ4v) is 3.35. The predicted octanol–water partition coefficient (Wildman–Crippen LogP) is 1.44. The molecule has 1 aliphatic heterocycles. The minimum atomic E-state index is -0.128. The van der Waals surface area contributed by atoms with Crippen LogP contribution in [-0.4, -0.2) is 48.1 Å². The van der Waals surface area contributed by atoms with Gasteiger partial charge in [-0.25, -0.2) is 0 Å². The largest absolute Gasteiger partial charge is 0.396 e. The number of thioether (sulfide) groups is 1. The predicted molar refractivity (Wildman–Crippen MR) is 89.5 cm³/mol. The molecule has 6 heteroatoms. The monoisotopic (exact) mass is 322 g/mol. The molecule has 1 unspecified atom stereocenters. The summed E-state index contributed by atoms with van der Waals surface area (Å²) in [5.41, 5.74) is 2.54. The fraction of sp³-hybridized carbons (Fsp3) is 0.500. The molecule has 0 radical (unpaired) electrons. The van der Waals surface area contributed by atoms with E-state index in [1.807, 2.05) is 18.4 Å². The first-order chi connectivity index (χ1) is 10.6. The second kappa shape index (κ2) is 7.65. The van der Waals surface area contributed by atoms with Gasteiger partial charge in [-0.3, -0.25) is 9.59 Å². The van der Waals surface area contributed by atoms with Crippen LogP contribution in [0.5, 0.6) is 0 Å². The average molecular weight is 322 g/mol. The zero-order chi connectivity index (χ0) is 16.1. The molecule has 1 aliphatic rings. The normalized spacial score (nSPS) is 14.6. The van der Waals surface area contributed by atoms with E-state index in [2.05, 4.69) is 5.32 Å². The number of fused-ring (bicyclic) bond motifs is 1. The number of nitrogens with one attached hydrogen (secondary N) is 1. The number of carbonyl (C=O) groups is 2. The van der Waals surface area contributed by atoms with Crippen LogP contribution in [0.3, 0.4) is 0 Å². The van der Waals surface area contributed by atoms with Gasteiger partial charge in [0.1, 0.15) is 0 Å². The van der Waals surface area contributed by atoms with Crippen LogP contribution in [0.4, 0.5) is 5.69 Å². The first-order valence-electron chi connectivity index (χ1n) is 7.38. The van der Waals surface area contributed by atoms with Crippen LogP contribution in [0.1, 0.15) is 29.3 Å². The highest BCUT2D eigenvalue weighted by Crippen LogP contribution is 2.28. The number of hydrogen-bond acceptors (Lipinski definition) is 4. The number of amides is 2. The van der Waals surface area contributed by atoms with E-state index in [-0.39, 0.29) is 24.5 Å². The van der Waals surface area contributed by atoms with Crippen molar-refractivity contribution in [1.82, 2.24) is 5.32 Å². The molecule has 1 aromatic carbocycles. The summed E-state index contributed by atoms with van der Waals surface area (Å²) >= 11 is 1.64. The second-order valence-corrected chi connectivity index (χ2v) is 6.31. The summed E-state index contributed by atoms with van der Waals surface area (Å²) in [5.74, 6) is 0.672. The molecule has 22 heavy (non-hydrogen) atoms. The summed E-state index contributed by atoms with van der Waals surface area (Å²) in [7, 11) is 0. The number of carbonyl (C=O) groups excluding carboxylic acids is 2. The summed E-state index contributed by atoms with van der Waals surface area (Å²) in [5, 5.41) is 12.0. The van der Waals surface area contributed by atoms with E-state index in [4.69, 9.17) is 5.11 Å². The molecule has 5 nitrogen and oxygen atoms in total. The van der Waals surface area contributed by atoms with Gasteiger partial charge >= 0.3 is 0 Å². The van der Waals surface area contributed by atoms with Gasteiger partial charge in [-0.05, 0) is 42.9 Å². The van der Waals surface area contributed by atoms with Crippen LogP contribution in [0.15, 0.2) is 18.2 Å². The SMILES string of the molecule is CSCC(CCO)NC(=O)c1ccc2c(c1)CCN2C(C)=O. The number of nitrogens with zero attached hydrogens (tertiary/aromatic N) is 1. The second-order valence-electron chi connectivity index (χ2n) is 5.40. The molecule has 2 amide bonds. The third-order valence-electron chi connectivity index (χ3n) is 3.80. The van der Waals surface area contributed by atoms with Crippen LogP contribution < -0.4 is 10.2 Å². The van der Waals surface area contributed by atoms with Gasteiger partial charge in [0, 0.05) is 43.1 Å². The Bertz CT molecular complexity index is 556. The molecule has 0 fully saturated rings. The van der Waals surface area contributed by atoms with Crippen molar-refractivity contribution < 1.29 is 14.7 Å². The Morgan fingerprint density at radius 2 is 2.23 bits per heavy atom. The molecule has 1 aromatic rings. The Balaban J connectivity index is 2.10. The van der Waals surface area contributed by atoms with Crippen LogP contribution >= 0.6 is 11.8 Å². The Hall–Kier alpha value is -1.53. The molecule has 0 aromatic heterocycles. The molecule has 2 N–H and O–H groups in total. The van der Waals surface area contributed by atoms with Gasteiger partial charge in [0.05, 0.1) is 0 Å². The first kappa shape index (κ1) is 16.8. The maximum atomic E-state index is 12.3. The molecule has 0 spiro atoms. The average Bonchev–Trinajstić information content (AvgIpc) is 2.90. The number of benzene rings is 1. The quantitative estimate of drug-likeness (QED) is 0.831. The molecule has 2 rings (SSSR count). The van der Waals surface area contributed by atoms with E-state index in [9.17, 15) is 9.59 Å². The van der Waals surface area contributed by atoms with Gasteiger partial charge in [-0.1, -0.05) is 0 Å². The van der Waals surface area contributed by atoms with E-state index in [0.717, 1.165) is 23.4 Å². The Morgan fingerprint density at radius 1 is 1.45 bits per heavy atom.